The highest BCUT2D eigenvalue weighted by atomic mass is 19.4. The number of anilines is 1. The average Bonchev–Trinajstić information content (AvgIpc) is 3.04. The van der Waals surface area contributed by atoms with Crippen LogP contribution >= 0.6 is 0 Å². The van der Waals surface area contributed by atoms with E-state index in [4.69, 9.17) is 23.1 Å². The van der Waals surface area contributed by atoms with Gasteiger partial charge in [0.15, 0.2) is 23.0 Å². The lowest BCUT2D eigenvalue weighted by atomic mass is 9.75. The third-order valence-corrected chi connectivity index (χ3v) is 5.99. The summed E-state index contributed by atoms with van der Waals surface area (Å²) in [6.45, 7) is 1.92. The molecule has 1 aromatic heterocycles. The van der Waals surface area contributed by atoms with Gasteiger partial charge < -0.3 is 20.5 Å². The van der Waals surface area contributed by atoms with Crippen molar-refractivity contribution in [2.24, 2.45) is 11.7 Å². The van der Waals surface area contributed by atoms with Gasteiger partial charge in [-0.3, -0.25) is 14.6 Å². The molecule has 0 aliphatic carbocycles. The van der Waals surface area contributed by atoms with Crippen LogP contribution in [0.5, 0.6) is 5.75 Å². The Kier molecular flexibility index (Phi) is 6.62. The molecule has 7 nitrogen and oxygen atoms in total. The van der Waals surface area contributed by atoms with Crippen LogP contribution in [-0.4, -0.2) is 49.6 Å². The van der Waals surface area contributed by atoms with E-state index in [1.54, 1.807) is 0 Å². The Bertz CT molecular complexity index is 1150. The number of methoxy groups -OCH3 is 1. The van der Waals surface area contributed by atoms with Crippen molar-refractivity contribution in [3.63, 3.8) is 0 Å². The van der Waals surface area contributed by atoms with Crippen LogP contribution in [-0.2, 0) is 9.53 Å². The van der Waals surface area contributed by atoms with Gasteiger partial charge in [0.1, 0.15) is 19.6 Å². The van der Waals surface area contributed by atoms with Gasteiger partial charge in [0, 0.05) is 29.3 Å². The van der Waals surface area contributed by atoms with E-state index in [9.17, 15) is 31.5 Å². The summed E-state index contributed by atoms with van der Waals surface area (Å²) in [5.41, 5.74) is 1.17. The van der Waals surface area contributed by atoms with Gasteiger partial charge in [0.05, 0.1) is 7.11 Å². The van der Waals surface area contributed by atoms with Gasteiger partial charge in [-0.1, -0.05) is 18.5 Å². The molecule has 0 bridgehead atoms. The van der Waals surface area contributed by atoms with Gasteiger partial charge in [-0.15, -0.1) is 0 Å². The van der Waals surface area contributed by atoms with Crippen LogP contribution in [0.15, 0.2) is 24.4 Å². The smallest absolute Gasteiger partial charge is 0.417 e. The molecule has 0 spiro atoms. The Balaban J connectivity index is 2.12. The molecule has 3 rings (SSSR count). The summed E-state index contributed by atoms with van der Waals surface area (Å²) >= 11 is 0. The number of rotatable bonds is 5. The summed E-state index contributed by atoms with van der Waals surface area (Å²) in [6.07, 6.45) is -5.60. The normalized spacial score (nSPS) is 24.6. The predicted octanol–water partition coefficient (Wildman–Crippen LogP) is 2.34. The lowest BCUT2D eigenvalue weighted by molar-refractivity contribution is -0.272. The number of hydrogen-bond acceptors (Lipinski definition) is 5. The van der Waals surface area contributed by atoms with Crippen molar-refractivity contribution in [1.82, 2.24) is 4.98 Å². The SMILES string of the molecule is [B]c1cc([C@H]2[C@H](C(=O)Nc3ccnc(C(N)=O)c3)O[C@@](C)(C(F)(F)F)[C@H]2C)c(OC)c(F)c1F. The van der Waals surface area contributed by atoms with Crippen LogP contribution in [0.2, 0.25) is 0 Å². The van der Waals surface area contributed by atoms with Gasteiger partial charge in [-0.2, -0.15) is 17.6 Å². The summed E-state index contributed by atoms with van der Waals surface area (Å²) in [5.74, 6) is -8.50. The van der Waals surface area contributed by atoms with Crippen LogP contribution in [0.25, 0.3) is 0 Å². The first-order valence-corrected chi connectivity index (χ1v) is 9.85. The minimum absolute atomic E-state index is 0.00109. The summed E-state index contributed by atoms with van der Waals surface area (Å²) in [4.78, 5) is 28.1. The number of nitrogens with two attached hydrogens (primary N) is 1. The number of alkyl halides is 3. The molecule has 1 aliphatic rings. The van der Waals surface area contributed by atoms with Crippen molar-refractivity contribution in [3.05, 3.63) is 47.3 Å². The van der Waals surface area contributed by atoms with Crippen molar-refractivity contribution in [3.8, 4) is 5.75 Å². The van der Waals surface area contributed by atoms with E-state index in [0.29, 0.717) is 0 Å². The Morgan fingerprint density at radius 1 is 1.26 bits per heavy atom. The van der Waals surface area contributed by atoms with Crippen molar-refractivity contribution in [1.29, 1.82) is 0 Å². The predicted molar refractivity (Wildman–Crippen MR) is 111 cm³/mol. The van der Waals surface area contributed by atoms with Crippen molar-refractivity contribution in [2.45, 2.75) is 37.6 Å². The fraction of sp³-hybridized carbons (Fsp3) is 0.381. The highest BCUT2D eigenvalue weighted by molar-refractivity contribution is 6.32. The first-order chi connectivity index (χ1) is 15.7. The lowest BCUT2D eigenvalue weighted by Gasteiger charge is -2.32. The molecule has 3 N–H and O–H groups in total. The standard InChI is InChI=1S/C21H19BF5N3O4/c1-8-13(10-7-11(22)14(23)15(24)16(10)33-3)17(34-20(8,2)21(25,26)27)19(32)30-9-4-5-29-12(6-9)18(28)31/h4-8,13,17H,1-3H3,(H2,28,31)(H,29,30,32)/t8-,13-,17+,20+/m0/s1. The zero-order chi connectivity index (χ0) is 25.6. The molecular weight excluding hydrogens is 464 g/mol. The fourth-order valence-corrected chi connectivity index (χ4v) is 3.98. The zero-order valence-electron chi connectivity index (χ0n) is 18.2. The van der Waals surface area contributed by atoms with Crippen LogP contribution in [0, 0.1) is 17.6 Å². The highest BCUT2D eigenvalue weighted by Crippen LogP contribution is 2.54. The molecule has 13 heteroatoms. The number of benzene rings is 1. The lowest BCUT2D eigenvalue weighted by Crippen LogP contribution is -2.47. The van der Waals surface area contributed by atoms with Crippen molar-refractivity contribution in [2.75, 3.05) is 12.4 Å². The van der Waals surface area contributed by atoms with Crippen LogP contribution in [0.3, 0.4) is 0 Å². The van der Waals surface area contributed by atoms with Gasteiger partial charge in [-0.25, -0.2) is 4.39 Å². The Labute approximate surface area is 192 Å². The molecule has 180 valence electrons. The van der Waals surface area contributed by atoms with E-state index in [2.05, 4.69) is 10.3 Å². The molecule has 1 aromatic carbocycles. The summed E-state index contributed by atoms with van der Waals surface area (Å²) in [6, 6.07) is 3.31. The second kappa shape index (κ2) is 8.86. The Morgan fingerprint density at radius 3 is 2.47 bits per heavy atom. The number of halogens is 5. The molecule has 0 saturated carbocycles. The third-order valence-electron chi connectivity index (χ3n) is 5.99. The molecule has 2 heterocycles. The van der Waals surface area contributed by atoms with E-state index in [0.717, 1.165) is 32.4 Å². The van der Waals surface area contributed by atoms with Gasteiger partial charge >= 0.3 is 6.18 Å². The Morgan fingerprint density at radius 2 is 1.91 bits per heavy atom. The number of nitrogens with one attached hydrogen (secondary N) is 1. The third kappa shape index (κ3) is 4.19. The molecule has 4 atom stereocenters. The number of primary amides is 1. The quantitative estimate of drug-likeness (QED) is 0.502. The molecule has 2 amide bonds. The molecule has 2 radical (unpaired) electrons. The topological polar surface area (TPSA) is 104 Å². The number of hydrogen-bond donors (Lipinski definition) is 2. The maximum Gasteiger partial charge on any atom is 0.417 e. The number of carbonyl (C=O) groups excluding carboxylic acids is 2. The number of carbonyl (C=O) groups is 2. The maximum atomic E-state index is 14.5. The zero-order valence-corrected chi connectivity index (χ0v) is 18.2. The number of pyridine rings is 1. The highest BCUT2D eigenvalue weighted by Gasteiger charge is 2.66. The van der Waals surface area contributed by atoms with Crippen molar-refractivity contribution >= 4 is 30.8 Å². The van der Waals surface area contributed by atoms with E-state index in [1.807, 2.05) is 0 Å². The van der Waals surface area contributed by atoms with E-state index in [1.165, 1.54) is 13.0 Å². The summed E-state index contributed by atoms with van der Waals surface area (Å²) in [5, 5.41) is 2.35. The number of nitrogens with zero attached hydrogens (tertiary/aromatic N) is 1. The van der Waals surface area contributed by atoms with Crippen molar-refractivity contribution < 1.29 is 41.0 Å². The largest absolute Gasteiger partial charge is 0.493 e. The molecule has 0 unspecified atom stereocenters. The van der Waals surface area contributed by atoms with E-state index in [-0.39, 0.29) is 16.9 Å². The first kappa shape index (κ1) is 25.4. The van der Waals surface area contributed by atoms with Crippen LogP contribution in [0.1, 0.15) is 35.8 Å². The van der Waals surface area contributed by atoms with E-state index < -0.39 is 64.4 Å². The van der Waals surface area contributed by atoms with Gasteiger partial charge in [0.2, 0.25) is 0 Å². The minimum atomic E-state index is -4.92. The van der Waals surface area contributed by atoms with E-state index >= 15 is 0 Å². The number of aromatic nitrogens is 1. The van der Waals surface area contributed by atoms with Gasteiger partial charge in [0.25, 0.3) is 11.8 Å². The monoisotopic (exact) mass is 483 g/mol. The van der Waals surface area contributed by atoms with Gasteiger partial charge in [-0.05, 0) is 19.1 Å². The maximum absolute atomic E-state index is 14.5. The molecule has 1 fully saturated rings. The average molecular weight is 483 g/mol. The fourth-order valence-electron chi connectivity index (χ4n) is 3.98. The minimum Gasteiger partial charge on any atom is -0.493 e. The summed E-state index contributed by atoms with van der Waals surface area (Å²) < 4.78 is 80.7. The summed E-state index contributed by atoms with van der Waals surface area (Å²) in [7, 11) is 6.52. The molecule has 1 saturated heterocycles. The molecule has 1 aliphatic heterocycles. The second-order valence-corrected chi connectivity index (χ2v) is 7.96. The number of ether oxygens (including phenoxy) is 2. The van der Waals surface area contributed by atoms with Crippen LogP contribution < -0.4 is 21.3 Å². The number of amides is 2. The molecular formula is C21H19BF5N3O4. The first-order valence-electron chi connectivity index (χ1n) is 9.85. The Hall–Kier alpha value is -3.22. The molecule has 34 heavy (non-hydrogen) atoms. The molecule has 2 aromatic rings. The second-order valence-electron chi connectivity index (χ2n) is 7.96. The van der Waals surface area contributed by atoms with Crippen LogP contribution in [0.4, 0.5) is 27.6 Å².